The molecular formula is C21H19Cl2F3N6O3. The molecule has 3 aromatic rings. The Labute approximate surface area is 206 Å². The molecule has 1 unspecified atom stereocenters. The molecule has 186 valence electrons. The first kappa shape index (κ1) is 24.0. The van der Waals surface area contributed by atoms with Gasteiger partial charge in [0, 0.05) is 24.7 Å². The quantitative estimate of drug-likeness (QED) is 0.492. The lowest BCUT2D eigenvalue weighted by molar-refractivity contribution is -0.232. The third kappa shape index (κ3) is 4.18. The van der Waals surface area contributed by atoms with E-state index in [9.17, 15) is 18.0 Å². The number of nitrogens with two attached hydrogens (primary N) is 1. The molecule has 2 atom stereocenters. The largest absolute Gasteiger partial charge is 0.491 e. The van der Waals surface area contributed by atoms with Crippen molar-refractivity contribution in [1.82, 2.24) is 20.2 Å². The summed E-state index contributed by atoms with van der Waals surface area (Å²) in [7, 11) is 0. The summed E-state index contributed by atoms with van der Waals surface area (Å²) in [6.07, 6.45) is -4.20. The van der Waals surface area contributed by atoms with Crippen LogP contribution in [0.1, 0.15) is 12.8 Å². The van der Waals surface area contributed by atoms with Crippen LogP contribution in [0.15, 0.2) is 24.4 Å². The number of hydrogen-bond acceptors (Lipinski definition) is 8. The maximum Gasteiger partial charge on any atom is 0.491 e. The van der Waals surface area contributed by atoms with Crippen molar-refractivity contribution in [3.63, 3.8) is 0 Å². The molecule has 9 nitrogen and oxygen atoms in total. The van der Waals surface area contributed by atoms with Crippen LogP contribution in [0.3, 0.4) is 0 Å². The average molecular weight is 531 g/mol. The van der Waals surface area contributed by atoms with Crippen LogP contribution in [-0.2, 0) is 14.3 Å². The smallest absolute Gasteiger partial charge is 0.428 e. The number of nitrogens with one attached hydrogen (secondary N) is 1. The standard InChI is InChI=1S/C21H19Cl2F3N6O3/c22-11-3-1-2-10(14(11)23)15-16-17(31-30-15)29-13(8-28-16)32-6-4-20(5-7-32)12(27)9-34-19(20)35-18(33)21(24,25)26/h1-3,8,12,19H,4-7,9,27H2,(H,29,30,31)/t12-,19?/m1/s1. The van der Waals surface area contributed by atoms with Gasteiger partial charge in [-0.2, -0.15) is 18.3 Å². The second-order valence-electron chi connectivity index (χ2n) is 8.50. The summed E-state index contributed by atoms with van der Waals surface area (Å²) in [5.41, 5.74) is 7.35. The number of alkyl halides is 3. The van der Waals surface area contributed by atoms with Crippen LogP contribution in [0.25, 0.3) is 22.4 Å². The van der Waals surface area contributed by atoms with E-state index in [0.29, 0.717) is 64.2 Å². The molecule has 0 saturated carbocycles. The molecule has 2 aromatic heterocycles. The number of piperidine rings is 1. The van der Waals surface area contributed by atoms with Crippen LogP contribution in [0.5, 0.6) is 0 Å². The second-order valence-corrected chi connectivity index (χ2v) is 9.28. The first-order chi connectivity index (χ1) is 16.6. The molecule has 2 aliphatic rings. The fourth-order valence-electron chi connectivity index (χ4n) is 4.60. The Morgan fingerprint density at radius 2 is 2.03 bits per heavy atom. The fraction of sp³-hybridized carbons (Fsp3) is 0.429. The summed E-state index contributed by atoms with van der Waals surface area (Å²) in [6.45, 7) is 0.799. The lowest BCUT2D eigenvalue weighted by Crippen LogP contribution is -2.53. The van der Waals surface area contributed by atoms with Gasteiger partial charge >= 0.3 is 12.1 Å². The van der Waals surface area contributed by atoms with Crippen LogP contribution in [0, 0.1) is 5.41 Å². The summed E-state index contributed by atoms with van der Waals surface area (Å²) in [5, 5.41) is 7.90. The van der Waals surface area contributed by atoms with Crippen molar-refractivity contribution in [2.24, 2.45) is 11.1 Å². The molecule has 1 aromatic carbocycles. The first-order valence-electron chi connectivity index (χ1n) is 10.7. The van der Waals surface area contributed by atoms with Crippen LogP contribution in [-0.4, -0.2) is 64.3 Å². The van der Waals surface area contributed by atoms with Gasteiger partial charge in [0.05, 0.1) is 34.0 Å². The molecule has 2 saturated heterocycles. The number of anilines is 1. The predicted octanol–water partition coefficient (Wildman–Crippen LogP) is 3.70. The number of benzene rings is 1. The van der Waals surface area contributed by atoms with E-state index in [0.717, 1.165) is 0 Å². The molecule has 0 amide bonds. The van der Waals surface area contributed by atoms with Gasteiger partial charge in [0.1, 0.15) is 11.3 Å². The number of hydrogen-bond donors (Lipinski definition) is 2. The average Bonchev–Trinajstić information content (AvgIpc) is 3.37. The Hall–Kier alpha value is -2.67. The van der Waals surface area contributed by atoms with Gasteiger partial charge in [-0.25, -0.2) is 14.8 Å². The van der Waals surface area contributed by atoms with E-state index in [-0.39, 0.29) is 6.61 Å². The number of H-pyrrole nitrogens is 1. The van der Waals surface area contributed by atoms with Gasteiger partial charge in [-0.1, -0.05) is 35.3 Å². The number of ether oxygens (including phenoxy) is 2. The molecule has 5 rings (SSSR count). The first-order valence-corrected chi connectivity index (χ1v) is 11.4. The number of fused-ring (bicyclic) bond motifs is 1. The lowest BCUT2D eigenvalue weighted by Gasteiger charge is -2.43. The van der Waals surface area contributed by atoms with Crippen molar-refractivity contribution < 1.29 is 27.4 Å². The minimum Gasteiger partial charge on any atom is -0.428 e. The number of nitrogens with zero attached hydrogens (tertiary/aromatic N) is 4. The molecule has 0 aliphatic carbocycles. The Kier molecular flexibility index (Phi) is 6.02. The highest BCUT2D eigenvalue weighted by molar-refractivity contribution is 6.43. The van der Waals surface area contributed by atoms with Crippen molar-refractivity contribution >= 4 is 46.2 Å². The zero-order valence-electron chi connectivity index (χ0n) is 18.0. The molecular weight excluding hydrogens is 512 g/mol. The van der Waals surface area contributed by atoms with E-state index in [4.69, 9.17) is 33.7 Å². The van der Waals surface area contributed by atoms with E-state index in [1.54, 1.807) is 24.4 Å². The molecule has 0 radical (unpaired) electrons. The van der Waals surface area contributed by atoms with Gasteiger partial charge in [-0.05, 0) is 18.9 Å². The van der Waals surface area contributed by atoms with Crippen molar-refractivity contribution in [3.8, 4) is 11.3 Å². The fourth-order valence-corrected chi connectivity index (χ4v) is 4.99. The van der Waals surface area contributed by atoms with Crippen molar-refractivity contribution in [1.29, 1.82) is 0 Å². The van der Waals surface area contributed by atoms with Crippen LogP contribution in [0.4, 0.5) is 19.0 Å². The van der Waals surface area contributed by atoms with Crippen molar-refractivity contribution in [2.45, 2.75) is 31.3 Å². The number of rotatable bonds is 3. The van der Waals surface area contributed by atoms with Gasteiger partial charge in [0.2, 0.25) is 11.9 Å². The lowest BCUT2D eigenvalue weighted by atomic mass is 9.73. The highest BCUT2D eigenvalue weighted by atomic mass is 35.5. The third-order valence-corrected chi connectivity index (χ3v) is 7.39. The number of carbonyl (C=O) groups is 1. The maximum atomic E-state index is 12.7. The molecule has 1 spiro atoms. The predicted molar refractivity (Wildman–Crippen MR) is 121 cm³/mol. The summed E-state index contributed by atoms with van der Waals surface area (Å²) in [4.78, 5) is 22.4. The number of carbonyl (C=O) groups excluding carboxylic acids is 1. The summed E-state index contributed by atoms with van der Waals surface area (Å²) < 4.78 is 48.1. The normalized spacial score (nSPS) is 22.2. The minimum absolute atomic E-state index is 0.00365. The van der Waals surface area contributed by atoms with Crippen molar-refractivity contribution in [3.05, 3.63) is 34.4 Å². The van der Waals surface area contributed by atoms with E-state index in [2.05, 4.69) is 24.9 Å². The van der Waals surface area contributed by atoms with Crippen LogP contribution in [0.2, 0.25) is 10.0 Å². The molecule has 14 heteroatoms. The third-order valence-electron chi connectivity index (χ3n) is 6.57. The molecule has 35 heavy (non-hydrogen) atoms. The SMILES string of the molecule is N[C@@H]1COC(OC(=O)C(F)(F)F)C12CCN(c1cnc3c(-c4cccc(Cl)c4Cl)[nH]nc3n1)CC2. The van der Waals surface area contributed by atoms with Gasteiger partial charge in [-0.15, -0.1) is 0 Å². The van der Waals surface area contributed by atoms with Gasteiger partial charge in [0.15, 0.2) is 0 Å². The highest BCUT2D eigenvalue weighted by Crippen LogP contribution is 2.45. The van der Waals surface area contributed by atoms with Gasteiger partial charge in [0.25, 0.3) is 0 Å². The van der Waals surface area contributed by atoms with E-state index in [1.165, 1.54) is 0 Å². The number of aromatic amines is 1. The maximum absolute atomic E-state index is 12.7. The highest BCUT2D eigenvalue weighted by Gasteiger charge is 2.56. The second kappa shape index (κ2) is 8.77. The summed E-state index contributed by atoms with van der Waals surface area (Å²) in [6, 6.07) is 4.66. The zero-order chi connectivity index (χ0) is 25.0. The summed E-state index contributed by atoms with van der Waals surface area (Å²) in [5.74, 6) is -1.75. The molecule has 0 bridgehead atoms. The Morgan fingerprint density at radius 3 is 2.74 bits per heavy atom. The topological polar surface area (TPSA) is 119 Å². The Morgan fingerprint density at radius 1 is 1.29 bits per heavy atom. The van der Waals surface area contributed by atoms with Crippen LogP contribution < -0.4 is 10.6 Å². The molecule has 3 N–H and O–H groups in total. The molecule has 2 fully saturated rings. The zero-order valence-corrected chi connectivity index (χ0v) is 19.5. The number of aromatic nitrogens is 4. The minimum atomic E-state index is -5.11. The molecule has 4 heterocycles. The number of halogens is 5. The van der Waals surface area contributed by atoms with Crippen molar-refractivity contribution in [2.75, 3.05) is 24.6 Å². The van der Waals surface area contributed by atoms with Gasteiger partial charge < -0.3 is 20.1 Å². The summed E-state index contributed by atoms with van der Waals surface area (Å²) >= 11 is 12.4. The number of esters is 1. The van der Waals surface area contributed by atoms with Crippen LogP contribution >= 0.6 is 23.2 Å². The molecule has 2 aliphatic heterocycles. The Bertz CT molecular complexity index is 1280. The Balaban J connectivity index is 1.34. The van der Waals surface area contributed by atoms with E-state index in [1.807, 2.05) is 4.90 Å². The van der Waals surface area contributed by atoms with Gasteiger partial charge in [-0.3, -0.25) is 5.10 Å². The van der Waals surface area contributed by atoms with E-state index < -0.39 is 29.9 Å². The monoisotopic (exact) mass is 530 g/mol. The van der Waals surface area contributed by atoms with E-state index >= 15 is 0 Å².